The summed E-state index contributed by atoms with van der Waals surface area (Å²) in [6.07, 6.45) is -3.07. The zero-order valence-corrected chi connectivity index (χ0v) is 13.4. The predicted molar refractivity (Wildman–Crippen MR) is 80.9 cm³/mol. The molecule has 0 aliphatic carbocycles. The van der Waals surface area contributed by atoms with Gasteiger partial charge < -0.3 is 10.5 Å². The van der Waals surface area contributed by atoms with E-state index in [9.17, 15) is 18.0 Å². The summed E-state index contributed by atoms with van der Waals surface area (Å²) in [4.78, 5) is 19.5. The fourth-order valence-corrected chi connectivity index (χ4v) is 3.17. The van der Waals surface area contributed by atoms with Crippen molar-refractivity contribution in [2.45, 2.75) is 24.2 Å². The van der Waals surface area contributed by atoms with Crippen molar-refractivity contribution in [1.82, 2.24) is 4.98 Å². The van der Waals surface area contributed by atoms with Crippen molar-refractivity contribution in [2.24, 2.45) is 10.7 Å². The molecule has 1 aromatic rings. The number of carbonyl (C=O) groups excluding carboxylic acids is 1. The third-order valence-corrected chi connectivity index (χ3v) is 4.20. The number of thiazole rings is 1. The second-order valence-electron chi connectivity index (χ2n) is 3.68. The number of ether oxygens (including phenoxy) is 1. The summed E-state index contributed by atoms with van der Waals surface area (Å²) in [5.41, 5.74) is 3.70. The Bertz CT molecular complexity index is 583. The number of alkyl halides is 3. The molecule has 0 aliphatic rings. The number of aliphatic imine (C=N–C) groups is 1. The van der Waals surface area contributed by atoms with Crippen LogP contribution in [0.5, 0.6) is 0 Å². The molecule has 0 radical (unpaired) electrons. The average molecular weight is 353 g/mol. The molecule has 0 unspecified atom stereocenters. The quantitative estimate of drug-likeness (QED) is 0.481. The number of nitrogens with two attached hydrogens (primary N) is 1. The van der Waals surface area contributed by atoms with E-state index in [1.54, 1.807) is 6.92 Å². The van der Waals surface area contributed by atoms with Crippen molar-refractivity contribution in [1.29, 1.82) is 0 Å². The number of nitrogens with zero attached hydrogens (tertiary/aromatic N) is 2. The van der Waals surface area contributed by atoms with Crippen LogP contribution in [0.25, 0.3) is 0 Å². The fourth-order valence-electron chi connectivity index (χ4n) is 1.18. The molecule has 2 N–H and O–H groups in total. The van der Waals surface area contributed by atoms with Crippen LogP contribution in [0, 0.1) is 0 Å². The molecule has 0 aromatic carbocycles. The normalized spacial score (nSPS) is 12.9. The van der Waals surface area contributed by atoms with E-state index in [1.807, 2.05) is 6.92 Å². The summed E-state index contributed by atoms with van der Waals surface area (Å²) in [5, 5.41) is 0.158. The van der Waals surface area contributed by atoms with Gasteiger partial charge in [0.2, 0.25) is 5.13 Å². The first-order valence-electron chi connectivity index (χ1n) is 6.17. The molecule has 0 spiro atoms. The Kier molecular flexibility index (Phi) is 6.88. The summed E-state index contributed by atoms with van der Waals surface area (Å²) in [5.74, 6) is 0.125. The van der Waals surface area contributed by atoms with Crippen LogP contribution in [0.3, 0.4) is 0 Å². The maximum atomic E-state index is 12.2. The molecule has 0 amide bonds. The van der Waals surface area contributed by atoms with Crippen molar-refractivity contribution < 1.29 is 22.7 Å². The summed E-state index contributed by atoms with van der Waals surface area (Å²) < 4.78 is 42.1. The molecule has 1 aromatic heterocycles. The number of esters is 1. The molecular weight excluding hydrogens is 339 g/mol. The Morgan fingerprint density at radius 2 is 2.18 bits per heavy atom. The zero-order valence-electron chi connectivity index (χ0n) is 11.8. The first-order valence-corrected chi connectivity index (χ1v) is 7.97. The number of rotatable bonds is 6. The molecule has 0 bridgehead atoms. The van der Waals surface area contributed by atoms with E-state index in [-0.39, 0.29) is 17.4 Å². The molecule has 122 valence electrons. The van der Waals surface area contributed by atoms with Gasteiger partial charge in [0, 0.05) is 6.21 Å². The number of hydrogen-bond donors (Lipinski definition) is 1. The molecule has 1 rings (SSSR count). The Hall–Kier alpha value is -1.55. The van der Waals surface area contributed by atoms with Gasteiger partial charge in [-0.25, -0.2) is 14.8 Å². The molecule has 1 heterocycles. The lowest BCUT2D eigenvalue weighted by Gasteiger charge is -2.03. The van der Waals surface area contributed by atoms with E-state index in [0.717, 1.165) is 17.6 Å². The van der Waals surface area contributed by atoms with E-state index in [2.05, 4.69) is 9.98 Å². The molecule has 22 heavy (non-hydrogen) atoms. The maximum absolute atomic E-state index is 12.2. The van der Waals surface area contributed by atoms with Crippen LogP contribution >= 0.6 is 23.1 Å². The molecule has 5 nitrogen and oxygen atoms in total. The minimum absolute atomic E-state index is 0.124. The summed E-state index contributed by atoms with van der Waals surface area (Å²) in [6.45, 7) is 3.77. The van der Waals surface area contributed by atoms with Crippen LogP contribution in [0.1, 0.15) is 24.3 Å². The molecule has 0 saturated carbocycles. The lowest BCUT2D eigenvalue weighted by atomic mass is 10.4. The standard InChI is InChI=1S/C12H14F3N3O2S2/c1-3-20-9(19)8-10(21-4-2)22-11(18-8)17-6-5-7(16)12(13,14)15/h5-6H,3-4,16H2,1-2H3. The lowest BCUT2D eigenvalue weighted by Crippen LogP contribution is -2.19. The highest BCUT2D eigenvalue weighted by atomic mass is 32.2. The number of carbonyl (C=O) groups is 1. The molecule has 0 saturated heterocycles. The summed E-state index contributed by atoms with van der Waals surface area (Å²) in [7, 11) is 0. The Morgan fingerprint density at radius 1 is 1.50 bits per heavy atom. The van der Waals surface area contributed by atoms with Gasteiger partial charge in [-0.15, -0.1) is 11.8 Å². The number of aromatic nitrogens is 1. The summed E-state index contributed by atoms with van der Waals surface area (Å²) in [6, 6.07) is 0. The SMILES string of the molecule is CCOC(=O)c1nc(N=CC=C(N)C(F)(F)F)sc1SCC. The number of allylic oxidation sites excluding steroid dienone is 2. The van der Waals surface area contributed by atoms with E-state index in [0.29, 0.717) is 16.0 Å². The van der Waals surface area contributed by atoms with Crippen LogP contribution in [0.4, 0.5) is 18.3 Å². The Morgan fingerprint density at radius 3 is 2.73 bits per heavy atom. The van der Waals surface area contributed by atoms with Gasteiger partial charge in [-0.05, 0) is 18.8 Å². The van der Waals surface area contributed by atoms with E-state index < -0.39 is 17.8 Å². The van der Waals surface area contributed by atoms with Crippen molar-refractivity contribution in [3.63, 3.8) is 0 Å². The molecule has 0 fully saturated rings. The van der Waals surface area contributed by atoms with Gasteiger partial charge in [0.15, 0.2) is 5.69 Å². The number of hydrogen-bond acceptors (Lipinski definition) is 7. The lowest BCUT2D eigenvalue weighted by molar-refractivity contribution is -0.0925. The van der Waals surface area contributed by atoms with Gasteiger partial charge in [0.05, 0.1) is 10.8 Å². The van der Waals surface area contributed by atoms with E-state index >= 15 is 0 Å². The van der Waals surface area contributed by atoms with Crippen molar-refractivity contribution in [3.05, 3.63) is 17.5 Å². The Balaban J connectivity index is 2.97. The van der Waals surface area contributed by atoms with Gasteiger partial charge in [0.25, 0.3) is 0 Å². The minimum atomic E-state index is -4.60. The highest BCUT2D eigenvalue weighted by molar-refractivity contribution is 8.01. The fraction of sp³-hybridized carbons (Fsp3) is 0.417. The largest absolute Gasteiger partial charge is 0.461 e. The van der Waals surface area contributed by atoms with Crippen molar-refractivity contribution in [2.75, 3.05) is 12.4 Å². The first kappa shape index (κ1) is 18.5. The second kappa shape index (κ2) is 8.18. The zero-order chi connectivity index (χ0) is 16.8. The number of halogens is 3. The van der Waals surface area contributed by atoms with Crippen LogP contribution in [-0.4, -0.2) is 35.7 Å². The predicted octanol–water partition coefficient (Wildman–Crippen LogP) is 3.54. The van der Waals surface area contributed by atoms with Gasteiger partial charge in [-0.1, -0.05) is 18.3 Å². The van der Waals surface area contributed by atoms with Crippen LogP contribution in [0.2, 0.25) is 0 Å². The average Bonchev–Trinajstić information content (AvgIpc) is 2.81. The minimum Gasteiger partial charge on any atom is -0.461 e. The first-order chi connectivity index (χ1) is 10.3. The summed E-state index contributed by atoms with van der Waals surface area (Å²) >= 11 is 2.48. The van der Waals surface area contributed by atoms with Crippen LogP contribution < -0.4 is 5.73 Å². The van der Waals surface area contributed by atoms with E-state index in [1.165, 1.54) is 11.8 Å². The van der Waals surface area contributed by atoms with Gasteiger partial charge in [0.1, 0.15) is 5.70 Å². The van der Waals surface area contributed by atoms with Gasteiger partial charge in [-0.2, -0.15) is 13.2 Å². The van der Waals surface area contributed by atoms with Gasteiger partial charge >= 0.3 is 12.1 Å². The molecule has 10 heteroatoms. The monoisotopic (exact) mass is 353 g/mol. The van der Waals surface area contributed by atoms with Crippen molar-refractivity contribution in [3.8, 4) is 0 Å². The molecule has 0 aliphatic heterocycles. The van der Waals surface area contributed by atoms with Crippen molar-refractivity contribution >= 4 is 40.4 Å². The van der Waals surface area contributed by atoms with Crippen LogP contribution in [-0.2, 0) is 4.74 Å². The highest BCUT2D eigenvalue weighted by Crippen LogP contribution is 2.34. The smallest absolute Gasteiger partial charge is 0.430 e. The second-order valence-corrected chi connectivity index (χ2v) is 6.19. The maximum Gasteiger partial charge on any atom is 0.430 e. The molecular formula is C12H14F3N3O2S2. The third kappa shape index (κ3) is 5.34. The van der Waals surface area contributed by atoms with Gasteiger partial charge in [-0.3, -0.25) is 0 Å². The Labute approximate surface area is 133 Å². The highest BCUT2D eigenvalue weighted by Gasteiger charge is 2.30. The molecule has 0 atom stereocenters. The van der Waals surface area contributed by atoms with Crippen LogP contribution in [0.15, 0.2) is 21.0 Å². The topological polar surface area (TPSA) is 77.6 Å². The van der Waals surface area contributed by atoms with E-state index in [4.69, 9.17) is 10.5 Å². The third-order valence-electron chi connectivity index (χ3n) is 2.10. The number of thioether (sulfide) groups is 1.